The van der Waals surface area contributed by atoms with Gasteiger partial charge in [0.1, 0.15) is 4.83 Å². The second-order valence-electron chi connectivity index (χ2n) is 6.08. The highest BCUT2D eigenvalue weighted by Gasteiger charge is 2.14. The molecule has 2 N–H and O–H groups in total. The van der Waals surface area contributed by atoms with Crippen molar-refractivity contribution in [2.24, 2.45) is 0 Å². The van der Waals surface area contributed by atoms with Gasteiger partial charge in [0.2, 0.25) is 4.77 Å². The van der Waals surface area contributed by atoms with Crippen LogP contribution in [-0.2, 0) is 6.42 Å². The van der Waals surface area contributed by atoms with Gasteiger partial charge in [0.25, 0.3) is 11.5 Å². The maximum atomic E-state index is 12.9. The van der Waals surface area contributed by atoms with Crippen LogP contribution in [0, 0.1) is 11.7 Å². The van der Waals surface area contributed by atoms with E-state index in [9.17, 15) is 9.59 Å². The monoisotopic (exact) mass is 413 g/mol. The van der Waals surface area contributed by atoms with Gasteiger partial charge in [-0.15, -0.1) is 22.7 Å². The van der Waals surface area contributed by atoms with Crippen LogP contribution >= 0.6 is 34.9 Å². The second kappa shape index (κ2) is 7.22. The van der Waals surface area contributed by atoms with Crippen molar-refractivity contribution in [1.29, 1.82) is 0 Å². The second-order valence-corrected chi connectivity index (χ2v) is 8.71. The summed E-state index contributed by atoms with van der Waals surface area (Å²) in [6.07, 6.45) is 0.737. The Morgan fingerprint density at radius 3 is 2.74 bits per heavy atom. The van der Waals surface area contributed by atoms with Gasteiger partial charge in [-0.3, -0.25) is 15.0 Å². The number of amides is 1. The number of rotatable bonds is 4. The van der Waals surface area contributed by atoms with Gasteiger partial charge in [-0.1, -0.05) is 30.3 Å². The van der Waals surface area contributed by atoms with E-state index in [2.05, 4.69) is 10.4 Å². The van der Waals surface area contributed by atoms with Crippen LogP contribution in [0.3, 0.4) is 0 Å². The molecule has 0 spiro atoms. The van der Waals surface area contributed by atoms with Crippen molar-refractivity contribution in [1.82, 2.24) is 9.66 Å². The molecule has 5 nitrogen and oxygen atoms in total. The lowest BCUT2D eigenvalue weighted by Crippen LogP contribution is -2.34. The van der Waals surface area contributed by atoms with Crippen LogP contribution in [0.4, 0.5) is 0 Å². The molecule has 0 saturated heterocycles. The van der Waals surface area contributed by atoms with E-state index in [-0.39, 0.29) is 16.2 Å². The first-order chi connectivity index (χ1) is 13.0. The van der Waals surface area contributed by atoms with Crippen LogP contribution in [0.2, 0.25) is 0 Å². The summed E-state index contributed by atoms with van der Waals surface area (Å²) in [5, 5.41) is 2.27. The molecule has 1 amide bonds. The number of H-pyrrole nitrogens is 1. The quantitative estimate of drug-likeness (QED) is 0.485. The first kappa shape index (κ1) is 17.8. The summed E-state index contributed by atoms with van der Waals surface area (Å²) < 4.78 is 1.27. The smallest absolute Gasteiger partial charge is 0.282 e. The fourth-order valence-corrected chi connectivity index (χ4v) is 4.83. The number of hydrogen-bond acceptors (Lipinski definition) is 5. The zero-order valence-corrected chi connectivity index (χ0v) is 16.8. The molecular formula is C19H15N3O2S3. The molecule has 0 saturated carbocycles. The predicted octanol–water partition coefficient (Wildman–Crippen LogP) is 4.47. The number of thiophene rings is 2. The Morgan fingerprint density at radius 2 is 2.04 bits per heavy atom. The molecular weight excluding hydrogens is 398 g/mol. The maximum Gasteiger partial charge on any atom is 0.282 e. The van der Waals surface area contributed by atoms with Crippen LogP contribution in [0.1, 0.15) is 25.7 Å². The van der Waals surface area contributed by atoms with E-state index < -0.39 is 0 Å². The SMILES string of the molecule is Cc1cc(C(=O)Nn2c(=S)[nH]c3sc(Cc4ccccc4)cc3c2=O)cs1. The zero-order valence-electron chi connectivity index (χ0n) is 14.3. The lowest BCUT2D eigenvalue weighted by Gasteiger charge is -2.07. The molecule has 0 unspecified atom stereocenters. The zero-order chi connectivity index (χ0) is 19.0. The van der Waals surface area contributed by atoms with E-state index >= 15 is 0 Å². The first-order valence-electron chi connectivity index (χ1n) is 8.19. The van der Waals surface area contributed by atoms with Crippen molar-refractivity contribution in [3.05, 3.63) is 83.9 Å². The van der Waals surface area contributed by atoms with Gasteiger partial charge in [-0.2, -0.15) is 4.68 Å². The van der Waals surface area contributed by atoms with Gasteiger partial charge in [-0.25, -0.2) is 0 Å². The number of aromatic nitrogens is 2. The van der Waals surface area contributed by atoms with Crippen LogP contribution in [0.15, 0.2) is 52.6 Å². The number of fused-ring (bicyclic) bond motifs is 1. The fourth-order valence-electron chi connectivity index (χ4n) is 2.77. The Kier molecular flexibility index (Phi) is 4.77. The Bertz CT molecular complexity index is 1250. The van der Waals surface area contributed by atoms with Gasteiger partial charge in [0.15, 0.2) is 0 Å². The molecule has 4 aromatic rings. The molecule has 3 heterocycles. The molecule has 0 bridgehead atoms. The molecule has 0 radical (unpaired) electrons. The summed E-state index contributed by atoms with van der Waals surface area (Å²) in [5.41, 5.74) is 3.95. The Hall–Kier alpha value is -2.55. The molecule has 4 rings (SSSR count). The van der Waals surface area contributed by atoms with Gasteiger partial charge < -0.3 is 4.98 Å². The topological polar surface area (TPSA) is 66.9 Å². The molecule has 0 aliphatic heterocycles. The van der Waals surface area contributed by atoms with Crippen molar-refractivity contribution in [2.45, 2.75) is 13.3 Å². The number of nitrogens with zero attached hydrogens (tertiary/aromatic N) is 1. The number of carbonyl (C=O) groups excluding carboxylic acids is 1. The summed E-state index contributed by atoms with van der Waals surface area (Å²) in [6.45, 7) is 1.92. The lowest BCUT2D eigenvalue weighted by atomic mass is 10.1. The van der Waals surface area contributed by atoms with E-state index in [0.29, 0.717) is 15.8 Å². The summed E-state index contributed by atoms with van der Waals surface area (Å²) in [7, 11) is 0. The molecule has 0 aliphatic rings. The number of carbonyl (C=O) groups is 1. The summed E-state index contributed by atoms with van der Waals surface area (Å²) in [6, 6.07) is 13.7. The van der Waals surface area contributed by atoms with Crippen LogP contribution in [0.5, 0.6) is 0 Å². The summed E-state index contributed by atoms with van der Waals surface area (Å²) in [4.78, 5) is 31.1. The van der Waals surface area contributed by atoms with Crippen molar-refractivity contribution in [3.63, 3.8) is 0 Å². The largest absolute Gasteiger partial charge is 0.322 e. The minimum absolute atomic E-state index is 0.168. The molecule has 1 aromatic carbocycles. The van der Waals surface area contributed by atoms with E-state index in [4.69, 9.17) is 12.2 Å². The third-order valence-electron chi connectivity index (χ3n) is 4.07. The third-order valence-corrected chi connectivity index (χ3v) is 6.26. The predicted molar refractivity (Wildman–Crippen MR) is 113 cm³/mol. The number of aryl methyl sites for hydroxylation is 1. The average molecular weight is 414 g/mol. The molecule has 0 aliphatic carbocycles. The Labute approximate surface area is 167 Å². The standard InChI is InChI=1S/C19H15N3O2S3/c1-11-7-13(10-26-11)16(23)21-22-18(24)15-9-14(27-17(15)20-19(22)25)8-12-5-3-2-4-6-12/h2-7,9-10H,8H2,1H3,(H,20,25)(H,21,23). The fraction of sp³-hybridized carbons (Fsp3) is 0.105. The average Bonchev–Trinajstić information content (AvgIpc) is 3.25. The first-order valence-corrected chi connectivity index (χ1v) is 10.3. The van der Waals surface area contributed by atoms with Gasteiger partial charge in [-0.05, 0) is 36.8 Å². The van der Waals surface area contributed by atoms with Crippen molar-refractivity contribution >= 4 is 51.0 Å². The van der Waals surface area contributed by atoms with Crippen molar-refractivity contribution < 1.29 is 4.79 Å². The maximum absolute atomic E-state index is 12.9. The minimum Gasteiger partial charge on any atom is -0.322 e. The molecule has 27 heavy (non-hydrogen) atoms. The highest BCUT2D eigenvalue weighted by molar-refractivity contribution is 7.71. The lowest BCUT2D eigenvalue weighted by molar-refractivity contribution is 0.101. The third kappa shape index (κ3) is 3.64. The van der Waals surface area contributed by atoms with Crippen LogP contribution in [-0.4, -0.2) is 15.6 Å². The number of nitrogens with one attached hydrogen (secondary N) is 2. The van der Waals surface area contributed by atoms with Crippen LogP contribution in [0.25, 0.3) is 10.2 Å². The highest BCUT2D eigenvalue weighted by Crippen LogP contribution is 2.23. The van der Waals surface area contributed by atoms with E-state index in [0.717, 1.165) is 20.9 Å². The molecule has 0 fully saturated rings. The van der Waals surface area contributed by atoms with Gasteiger partial charge in [0, 0.05) is 21.6 Å². The highest BCUT2D eigenvalue weighted by atomic mass is 32.1. The summed E-state index contributed by atoms with van der Waals surface area (Å²) >= 11 is 8.26. The Balaban J connectivity index is 1.69. The molecule has 136 valence electrons. The number of benzene rings is 1. The molecule has 8 heteroatoms. The van der Waals surface area contributed by atoms with Crippen molar-refractivity contribution in [2.75, 3.05) is 5.43 Å². The van der Waals surface area contributed by atoms with Crippen LogP contribution < -0.4 is 11.0 Å². The number of hydrogen-bond donors (Lipinski definition) is 2. The number of aromatic amines is 1. The van der Waals surface area contributed by atoms with E-state index in [1.807, 2.05) is 43.3 Å². The summed E-state index contributed by atoms with van der Waals surface area (Å²) in [5.74, 6) is -0.361. The Morgan fingerprint density at radius 1 is 1.26 bits per heavy atom. The molecule has 3 aromatic heterocycles. The van der Waals surface area contributed by atoms with Crippen molar-refractivity contribution in [3.8, 4) is 0 Å². The van der Waals surface area contributed by atoms with Gasteiger partial charge >= 0.3 is 0 Å². The van der Waals surface area contributed by atoms with E-state index in [1.165, 1.54) is 28.2 Å². The normalized spacial score (nSPS) is 11.0. The minimum atomic E-state index is -0.361. The molecule has 0 atom stereocenters. The van der Waals surface area contributed by atoms with Gasteiger partial charge in [0.05, 0.1) is 10.9 Å². The van der Waals surface area contributed by atoms with E-state index in [1.54, 1.807) is 11.4 Å².